The standard InChI is InChI=1S/C23H29FN4O6S/c1-12-8-13(6-7-15(12)24)25-21(29)18-19-17(10-27(18)5)35(32,33)26-16-9-28(22(30)31)20(23(2,3)4)14(16)11-34-19/h6-8,10,14,16,20,26H,9,11H2,1-5H3,(H,25,29)(H,30,31)/t14-,16+,20?/m1/s1. The van der Waals surface area contributed by atoms with Crippen LogP contribution in [0.15, 0.2) is 29.3 Å². The van der Waals surface area contributed by atoms with Gasteiger partial charge in [-0.2, -0.15) is 0 Å². The van der Waals surface area contributed by atoms with Crippen LogP contribution in [-0.4, -0.2) is 60.2 Å². The van der Waals surface area contributed by atoms with Gasteiger partial charge in [-0.05, 0) is 36.1 Å². The number of aryl methyl sites for hydroxylation is 2. The maximum absolute atomic E-state index is 13.6. The number of anilines is 1. The van der Waals surface area contributed by atoms with Crippen molar-refractivity contribution in [3.63, 3.8) is 0 Å². The molecule has 0 spiro atoms. The fourth-order valence-electron chi connectivity index (χ4n) is 5.08. The van der Waals surface area contributed by atoms with Gasteiger partial charge >= 0.3 is 6.09 Å². The van der Waals surface area contributed by atoms with E-state index in [1.165, 1.54) is 40.9 Å². The number of likely N-dealkylation sites (tertiary alicyclic amines) is 1. The van der Waals surface area contributed by atoms with Crippen molar-refractivity contribution in [2.75, 3.05) is 18.5 Å². The lowest BCUT2D eigenvalue weighted by Gasteiger charge is -2.37. The van der Waals surface area contributed by atoms with E-state index in [-0.39, 0.29) is 29.5 Å². The Morgan fingerprint density at radius 3 is 2.57 bits per heavy atom. The molecule has 2 aliphatic heterocycles. The van der Waals surface area contributed by atoms with Gasteiger partial charge in [0.25, 0.3) is 5.91 Å². The summed E-state index contributed by atoms with van der Waals surface area (Å²) < 4.78 is 50.2. The number of hydrogen-bond acceptors (Lipinski definition) is 5. The minimum Gasteiger partial charge on any atom is -0.489 e. The van der Waals surface area contributed by atoms with E-state index in [1.54, 1.807) is 6.92 Å². The molecule has 2 aromatic rings. The molecule has 1 saturated heterocycles. The molecule has 3 atom stereocenters. The van der Waals surface area contributed by atoms with E-state index in [2.05, 4.69) is 10.0 Å². The van der Waals surface area contributed by atoms with Crippen LogP contribution in [0.5, 0.6) is 5.75 Å². The Morgan fingerprint density at radius 1 is 1.29 bits per heavy atom. The lowest BCUT2D eigenvalue weighted by molar-refractivity contribution is 0.0765. The van der Waals surface area contributed by atoms with Gasteiger partial charge in [0.05, 0.1) is 6.61 Å². The van der Waals surface area contributed by atoms with E-state index < -0.39 is 51.3 Å². The van der Waals surface area contributed by atoms with E-state index in [4.69, 9.17) is 4.74 Å². The summed E-state index contributed by atoms with van der Waals surface area (Å²) in [5.41, 5.74) is 0.172. The second kappa shape index (κ2) is 8.52. The number of hydrogen-bond donors (Lipinski definition) is 3. The van der Waals surface area contributed by atoms with Gasteiger partial charge in [0.15, 0.2) is 11.4 Å². The normalized spacial score (nSPS) is 23.5. The summed E-state index contributed by atoms with van der Waals surface area (Å²) in [4.78, 5) is 26.1. The number of carbonyl (C=O) groups is 2. The smallest absolute Gasteiger partial charge is 0.407 e. The zero-order chi connectivity index (χ0) is 25.9. The zero-order valence-electron chi connectivity index (χ0n) is 20.1. The van der Waals surface area contributed by atoms with E-state index in [9.17, 15) is 27.5 Å². The first-order valence-corrected chi connectivity index (χ1v) is 12.6. The first-order valence-electron chi connectivity index (χ1n) is 11.1. The van der Waals surface area contributed by atoms with Crippen LogP contribution >= 0.6 is 0 Å². The Hall–Kier alpha value is -3.12. The fraction of sp³-hybridized carbons (Fsp3) is 0.478. The molecule has 0 saturated carbocycles. The highest BCUT2D eigenvalue weighted by Crippen LogP contribution is 2.41. The summed E-state index contributed by atoms with van der Waals surface area (Å²) in [6.07, 6.45) is 0.150. The van der Waals surface area contributed by atoms with Crippen molar-refractivity contribution in [1.29, 1.82) is 0 Å². The molecule has 3 heterocycles. The molecule has 0 bridgehead atoms. The van der Waals surface area contributed by atoms with Crippen LogP contribution < -0.4 is 14.8 Å². The summed E-state index contributed by atoms with van der Waals surface area (Å²) in [6.45, 7) is 7.23. The van der Waals surface area contributed by atoms with Crippen molar-refractivity contribution in [1.82, 2.24) is 14.2 Å². The molecule has 10 nitrogen and oxygen atoms in total. The van der Waals surface area contributed by atoms with Crippen LogP contribution in [0.3, 0.4) is 0 Å². The molecular weight excluding hydrogens is 479 g/mol. The zero-order valence-corrected chi connectivity index (χ0v) is 20.9. The topological polar surface area (TPSA) is 130 Å². The summed E-state index contributed by atoms with van der Waals surface area (Å²) in [7, 11) is -2.61. The van der Waals surface area contributed by atoms with E-state index in [0.717, 1.165) is 0 Å². The van der Waals surface area contributed by atoms with Crippen molar-refractivity contribution >= 4 is 27.7 Å². The molecule has 4 rings (SSSR count). The van der Waals surface area contributed by atoms with Crippen LogP contribution in [0.4, 0.5) is 14.9 Å². The third-order valence-corrected chi connectivity index (χ3v) is 8.02. The largest absolute Gasteiger partial charge is 0.489 e. The molecule has 1 aromatic heterocycles. The number of nitrogens with one attached hydrogen (secondary N) is 2. The monoisotopic (exact) mass is 508 g/mol. The highest BCUT2D eigenvalue weighted by molar-refractivity contribution is 7.89. The Morgan fingerprint density at radius 2 is 1.97 bits per heavy atom. The second-order valence-corrected chi connectivity index (χ2v) is 11.8. The Kier molecular flexibility index (Phi) is 6.08. The maximum Gasteiger partial charge on any atom is 0.407 e. The van der Waals surface area contributed by atoms with Crippen molar-refractivity contribution in [3.8, 4) is 5.75 Å². The first-order chi connectivity index (χ1) is 16.2. The highest BCUT2D eigenvalue weighted by Gasteiger charge is 2.52. The Labute approximate surface area is 203 Å². The van der Waals surface area contributed by atoms with E-state index in [1.807, 2.05) is 20.8 Å². The van der Waals surface area contributed by atoms with E-state index in [0.29, 0.717) is 11.3 Å². The lowest BCUT2D eigenvalue weighted by Crippen LogP contribution is -2.48. The molecule has 3 N–H and O–H groups in total. The SMILES string of the molecule is Cc1cc(NC(=O)c2c3c(cn2C)S(=O)(=O)N[C@H]2CN(C(=O)O)C(C(C)(C)C)[C@@H]2CO3)ccc1F. The number of sulfonamides is 1. The second-order valence-electron chi connectivity index (χ2n) is 10.1. The number of carboxylic acid groups (broad SMARTS) is 1. The predicted octanol–water partition coefficient (Wildman–Crippen LogP) is 2.79. The van der Waals surface area contributed by atoms with Crippen molar-refractivity contribution in [3.05, 3.63) is 41.5 Å². The number of amides is 2. The van der Waals surface area contributed by atoms with E-state index >= 15 is 0 Å². The van der Waals surface area contributed by atoms with Gasteiger partial charge in [0, 0.05) is 43.5 Å². The summed E-state index contributed by atoms with van der Waals surface area (Å²) >= 11 is 0. The molecule has 12 heteroatoms. The van der Waals surface area contributed by atoms with Crippen molar-refractivity contribution < 1.29 is 32.2 Å². The van der Waals surface area contributed by atoms with Gasteiger partial charge in [-0.15, -0.1) is 0 Å². The van der Waals surface area contributed by atoms with Gasteiger partial charge in [0.1, 0.15) is 10.7 Å². The van der Waals surface area contributed by atoms with Crippen LogP contribution in [0.25, 0.3) is 0 Å². The van der Waals surface area contributed by atoms with Crippen LogP contribution in [0.1, 0.15) is 36.8 Å². The number of halogens is 1. The number of rotatable bonds is 2. The van der Waals surface area contributed by atoms with Crippen molar-refractivity contribution in [2.45, 2.75) is 44.7 Å². The average molecular weight is 509 g/mol. The van der Waals surface area contributed by atoms with Gasteiger partial charge in [-0.25, -0.2) is 22.3 Å². The van der Waals surface area contributed by atoms with Gasteiger partial charge in [0.2, 0.25) is 10.0 Å². The third kappa shape index (κ3) is 4.47. The molecule has 190 valence electrons. The van der Waals surface area contributed by atoms with Gasteiger partial charge in [-0.1, -0.05) is 20.8 Å². The number of carbonyl (C=O) groups excluding carboxylic acids is 1. The molecule has 2 amide bonds. The third-order valence-electron chi connectivity index (χ3n) is 6.53. The number of fused-ring (bicyclic) bond motifs is 2. The Balaban J connectivity index is 1.72. The molecule has 1 fully saturated rings. The molecule has 0 radical (unpaired) electrons. The quantitative estimate of drug-likeness (QED) is 0.572. The Bertz CT molecular complexity index is 1300. The minimum absolute atomic E-state index is 0.00581. The minimum atomic E-state index is -4.14. The summed E-state index contributed by atoms with van der Waals surface area (Å²) in [5.74, 6) is -1.64. The van der Waals surface area contributed by atoms with Crippen LogP contribution in [0.2, 0.25) is 0 Å². The summed E-state index contributed by atoms with van der Waals surface area (Å²) in [5, 5.41) is 12.4. The highest BCUT2D eigenvalue weighted by atomic mass is 32.2. The molecular formula is C23H29FN4O6S. The summed E-state index contributed by atoms with van der Waals surface area (Å²) in [6, 6.07) is 2.90. The molecule has 1 unspecified atom stereocenters. The lowest BCUT2D eigenvalue weighted by atomic mass is 9.78. The van der Waals surface area contributed by atoms with Gasteiger partial charge in [-0.3, -0.25) is 4.79 Å². The van der Waals surface area contributed by atoms with Crippen LogP contribution in [0, 0.1) is 24.1 Å². The fourth-order valence-corrected chi connectivity index (χ4v) is 6.55. The van der Waals surface area contributed by atoms with Crippen molar-refractivity contribution in [2.24, 2.45) is 18.4 Å². The average Bonchev–Trinajstić information content (AvgIpc) is 3.25. The number of benzene rings is 1. The molecule has 35 heavy (non-hydrogen) atoms. The van der Waals surface area contributed by atoms with Gasteiger partial charge < -0.3 is 24.6 Å². The number of aromatic nitrogens is 1. The molecule has 2 aliphatic rings. The van der Waals surface area contributed by atoms with Crippen LogP contribution in [-0.2, 0) is 17.1 Å². The number of ether oxygens (including phenoxy) is 1. The predicted molar refractivity (Wildman–Crippen MR) is 126 cm³/mol. The molecule has 0 aliphatic carbocycles. The number of nitrogens with zero attached hydrogens (tertiary/aromatic N) is 2. The molecule has 1 aromatic carbocycles. The first kappa shape index (κ1) is 25.0. The maximum atomic E-state index is 13.6.